The molecule has 1 aromatic heterocycles. The van der Waals surface area contributed by atoms with Crippen LogP contribution in [-0.2, 0) is 11.3 Å². The number of hydrogen-bond donors (Lipinski definition) is 1. The fourth-order valence-corrected chi connectivity index (χ4v) is 1.96. The van der Waals surface area contributed by atoms with Crippen molar-refractivity contribution in [1.29, 1.82) is 0 Å². The number of aromatic nitrogens is 3. The third kappa shape index (κ3) is 5.59. The lowest BCUT2D eigenvalue weighted by Gasteiger charge is -2.16. The lowest BCUT2D eigenvalue weighted by Crippen LogP contribution is -2.30. The van der Waals surface area contributed by atoms with Crippen LogP contribution >= 0.6 is 0 Å². The zero-order valence-corrected chi connectivity index (χ0v) is 15.3. The second-order valence-corrected chi connectivity index (χ2v) is 6.02. The molecule has 1 heterocycles. The number of hydrogen-bond acceptors (Lipinski definition) is 7. The fraction of sp³-hybridized carbons (Fsp3) is 0.412. The molecule has 8 heteroatoms. The first-order chi connectivity index (χ1) is 11.8. The Morgan fingerprint density at radius 2 is 1.72 bits per heavy atom. The van der Waals surface area contributed by atoms with E-state index in [1.165, 1.54) is 0 Å². The van der Waals surface area contributed by atoms with Crippen LogP contribution in [0, 0.1) is 6.92 Å². The van der Waals surface area contributed by atoms with Gasteiger partial charge in [-0.3, -0.25) is 4.79 Å². The molecule has 1 amide bonds. The second-order valence-electron chi connectivity index (χ2n) is 6.02. The number of carbonyl (C=O) groups is 1. The summed E-state index contributed by atoms with van der Waals surface area (Å²) < 4.78 is 5.48. The van der Waals surface area contributed by atoms with E-state index in [1.807, 2.05) is 59.4 Å². The average molecular weight is 344 g/mol. The van der Waals surface area contributed by atoms with E-state index >= 15 is 0 Å². The van der Waals surface area contributed by atoms with Crippen LogP contribution in [0.1, 0.15) is 11.4 Å². The zero-order valence-electron chi connectivity index (χ0n) is 15.3. The summed E-state index contributed by atoms with van der Waals surface area (Å²) in [6.07, 6.45) is 0. The summed E-state index contributed by atoms with van der Waals surface area (Å²) in [6.45, 7) is 2.12. The number of amides is 1. The Balaban J connectivity index is 1.94. The standard InChI is InChI=1S/C17H24N6O2/c1-12-7-6-8-13(9-12)25-11-15(24)18-10-14-19-16(22(2)3)21-17(20-14)23(4)5/h6-9H,10-11H2,1-5H3,(H,18,24). The van der Waals surface area contributed by atoms with E-state index in [4.69, 9.17) is 4.74 Å². The van der Waals surface area contributed by atoms with Crippen LogP contribution < -0.4 is 19.9 Å². The molecule has 0 spiro atoms. The summed E-state index contributed by atoms with van der Waals surface area (Å²) in [4.78, 5) is 28.6. The largest absolute Gasteiger partial charge is 0.484 e. The van der Waals surface area contributed by atoms with E-state index < -0.39 is 0 Å². The highest BCUT2D eigenvalue weighted by Crippen LogP contribution is 2.12. The summed E-state index contributed by atoms with van der Waals surface area (Å²) in [5.74, 6) is 2.00. The summed E-state index contributed by atoms with van der Waals surface area (Å²) in [5, 5.41) is 2.76. The Kier molecular flexibility index (Phi) is 6.10. The lowest BCUT2D eigenvalue weighted by atomic mass is 10.2. The van der Waals surface area contributed by atoms with Gasteiger partial charge in [0, 0.05) is 28.2 Å². The van der Waals surface area contributed by atoms with Gasteiger partial charge in [-0.1, -0.05) is 12.1 Å². The quantitative estimate of drug-likeness (QED) is 0.802. The van der Waals surface area contributed by atoms with E-state index in [-0.39, 0.29) is 19.1 Å². The number of nitrogens with zero attached hydrogens (tertiary/aromatic N) is 5. The molecule has 2 aromatic rings. The Hall–Kier alpha value is -2.90. The molecule has 134 valence electrons. The second kappa shape index (κ2) is 8.27. The van der Waals surface area contributed by atoms with Crippen molar-refractivity contribution in [3.63, 3.8) is 0 Å². The minimum absolute atomic E-state index is 0.0599. The Labute approximate surface area is 147 Å². The van der Waals surface area contributed by atoms with E-state index in [0.29, 0.717) is 23.5 Å². The van der Waals surface area contributed by atoms with Gasteiger partial charge in [-0.2, -0.15) is 15.0 Å². The van der Waals surface area contributed by atoms with Crippen LogP contribution in [0.2, 0.25) is 0 Å². The first kappa shape index (κ1) is 18.4. The Morgan fingerprint density at radius 1 is 1.08 bits per heavy atom. The van der Waals surface area contributed by atoms with Crippen LogP contribution in [0.4, 0.5) is 11.9 Å². The molecule has 8 nitrogen and oxygen atoms in total. The predicted octanol–water partition coefficient (Wildman–Crippen LogP) is 1.01. The van der Waals surface area contributed by atoms with Crippen molar-refractivity contribution in [2.45, 2.75) is 13.5 Å². The topological polar surface area (TPSA) is 83.5 Å². The SMILES string of the molecule is Cc1cccc(OCC(=O)NCc2nc(N(C)C)nc(N(C)C)n2)c1. The normalized spacial score (nSPS) is 10.3. The first-order valence-corrected chi connectivity index (χ1v) is 7.91. The van der Waals surface area contributed by atoms with Gasteiger partial charge >= 0.3 is 0 Å². The van der Waals surface area contributed by atoms with Crippen molar-refractivity contribution in [3.05, 3.63) is 35.7 Å². The maximum Gasteiger partial charge on any atom is 0.258 e. The van der Waals surface area contributed by atoms with Gasteiger partial charge in [0.05, 0.1) is 6.54 Å². The maximum absolute atomic E-state index is 12.0. The Morgan fingerprint density at radius 3 is 2.28 bits per heavy atom. The summed E-state index contributed by atoms with van der Waals surface area (Å²) in [5.41, 5.74) is 1.08. The van der Waals surface area contributed by atoms with Crippen molar-refractivity contribution >= 4 is 17.8 Å². The van der Waals surface area contributed by atoms with Crippen molar-refractivity contribution in [2.75, 3.05) is 44.6 Å². The highest BCUT2D eigenvalue weighted by molar-refractivity contribution is 5.77. The molecule has 2 rings (SSSR count). The average Bonchev–Trinajstić information content (AvgIpc) is 2.57. The van der Waals surface area contributed by atoms with Crippen LogP contribution in [0.15, 0.2) is 24.3 Å². The smallest absolute Gasteiger partial charge is 0.258 e. The van der Waals surface area contributed by atoms with Crippen molar-refractivity contribution < 1.29 is 9.53 Å². The summed E-state index contributed by atoms with van der Waals surface area (Å²) >= 11 is 0. The van der Waals surface area contributed by atoms with Crippen molar-refractivity contribution in [2.24, 2.45) is 0 Å². The summed E-state index contributed by atoms with van der Waals surface area (Å²) in [7, 11) is 7.42. The molecule has 0 saturated heterocycles. The molecular weight excluding hydrogens is 320 g/mol. The minimum atomic E-state index is -0.236. The third-order valence-corrected chi connectivity index (χ3v) is 3.26. The number of ether oxygens (including phenoxy) is 1. The first-order valence-electron chi connectivity index (χ1n) is 7.91. The molecule has 0 bridgehead atoms. The van der Waals surface area contributed by atoms with Gasteiger partial charge < -0.3 is 19.9 Å². The van der Waals surface area contributed by atoms with Gasteiger partial charge in [-0.05, 0) is 24.6 Å². The monoisotopic (exact) mass is 344 g/mol. The van der Waals surface area contributed by atoms with E-state index in [0.717, 1.165) is 5.56 Å². The molecule has 0 fully saturated rings. The molecule has 0 radical (unpaired) electrons. The minimum Gasteiger partial charge on any atom is -0.484 e. The van der Waals surface area contributed by atoms with Gasteiger partial charge in [0.1, 0.15) is 5.75 Å². The lowest BCUT2D eigenvalue weighted by molar-refractivity contribution is -0.123. The van der Waals surface area contributed by atoms with Gasteiger partial charge in [0.15, 0.2) is 12.4 Å². The highest BCUT2D eigenvalue weighted by Gasteiger charge is 2.11. The number of nitrogens with one attached hydrogen (secondary N) is 1. The van der Waals surface area contributed by atoms with Gasteiger partial charge in [-0.25, -0.2) is 0 Å². The number of anilines is 2. The van der Waals surface area contributed by atoms with Gasteiger partial charge in [0.25, 0.3) is 5.91 Å². The third-order valence-electron chi connectivity index (χ3n) is 3.26. The predicted molar refractivity (Wildman–Crippen MR) is 97.0 cm³/mol. The van der Waals surface area contributed by atoms with E-state index in [1.54, 1.807) is 9.80 Å². The van der Waals surface area contributed by atoms with Crippen LogP contribution in [0.5, 0.6) is 5.75 Å². The number of carbonyl (C=O) groups excluding carboxylic acids is 1. The molecule has 0 aliphatic heterocycles. The number of benzene rings is 1. The van der Waals surface area contributed by atoms with Crippen molar-refractivity contribution in [3.8, 4) is 5.75 Å². The Bertz CT molecular complexity index is 707. The van der Waals surface area contributed by atoms with E-state index in [2.05, 4.69) is 20.3 Å². The zero-order chi connectivity index (χ0) is 18.4. The van der Waals surface area contributed by atoms with E-state index in [9.17, 15) is 4.79 Å². The van der Waals surface area contributed by atoms with Crippen LogP contribution in [0.3, 0.4) is 0 Å². The number of rotatable bonds is 7. The summed E-state index contributed by atoms with van der Waals surface area (Å²) in [6, 6.07) is 7.56. The molecule has 0 aliphatic rings. The van der Waals surface area contributed by atoms with Gasteiger partial charge in [-0.15, -0.1) is 0 Å². The molecule has 0 unspecified atom stereocenters. The molecule has 0 atom stereocenters. The van der Waals surface area contributed by atoms with Crippen LogP contribution in [-0.4, -0.2) is 55.7 Å². The molecule has 1 N–H and O–H groups in total. The highest BCUT2D eigenvalue weighted by atomic mass is 16.5. The molecular formula is C17H24N6O2. The maximum atomic E-state index is 12.0. The number of aryl methyl sites for hydroxylation is 1. The molecule has 0 saturated carbocycles. The van der Waals surface area contributed by atoms with Crippen molar-refractivity contribution in [1.82, 2.24) is 20.3 Å². The molecule has 25 heavy (non-hydrogen) atoms. The van der Waals surface area contributed by atoms with Crippen LogP contribution in [0.25, 0.3) is 0 Å². The van der Waals surface area contributed by atoms with Gasteiger partial charge in [0.2, 0.25) is 11.9 Å². The molecule has 1 aromatic carbocycles. The molecule has 0 aliphatic carbocycles. The fourth-order valence-electron chi connectivity index (χ4n) is 1.96.